The van der Waals surface area contributed by atoms with Gasteiger partial charge in [-0.3, -0.25) is 33.7 Å². The van der Waals surface area contributed by atoms with Gasteiger partial charge >= 0.3 is 0 Å². The minimum atomic E-state index is -4.14. The molecule has 2 aromatic carbocycles. The average Bonchev–Trinajstić information content (AvgIpc) is 3.82. The first-order chi connectivity index (χ1) is 24.7. The van der Waals surface area contributed by atoms with Crippen LogP contribution in [-0.4, -0.2) is 107 Å². The van der Waals surface area contributed by atoms with Gasteiger partial charge in [0.25, 0.3) is 27.7 Å². The number of benzene rings is 2. The van der Waals surface area contributed by atoms with Crippen LogP contribution in [0.15, 0.2) is 53.4 Å². The maximum atomic E-state index is 14.2. The number of sulfonamides is 1. The number of piperazine rings is 1. The first-order valence-electron chi connectivity index (χ1n) is 17.8. The van der Waals surface area contributed by atoms with Crippen LogP contribution in [0.2, 0.25) is 0 Å². The van der Waals surface area contributed by atoms with Gasteiger partial charge in [-0.2, -0.15) is 4.31 Å². The quantitative estimate of drug-likeness (QED) is 0.356. The smallest absolute Gasteiger partial charge is 0.280 e. The molecule has 5 aliphatic heterocycles. The first-order valence-corrected chi connectivity index (χ1v) is 19.2. The molecule has 6 aliphatic rings. The van der Waals surface area contributed by atoms with E-state index in [4.69, 9.17) is 4.74 Å². The number of hydrogen-bond acceptors (Lipinski definition) is 9. The number of rotatable bonds is 5. The summed E-state index contributed by atoms with van der Waals surface area (Å²) < 4.78 is 34.4. The molecule has 6 heterocycles. The van der Waals surface area contributed by atoms with Crippen LogP contribution < -0.4 is 9.62 Å². The molecule has 3 saturated heterocycles. The van der Waals surface area contributed by atoms with Crippen molar-refractivity contribution in [2.75, 3.05) is 24.4 Å². The number of aliphatic hydroxyl groups is 1. The monoisotopic (exact) mass is 728 g/mol. The highest BCUT2D eigenvalue weighted by Crippen LogP contribution is 2.48. The summed E-state index contributed by atoms with van der Waals surface area (Å²) in [5.74, 6) is -4.51. The molecule has 1 aliphatic carbocycles. The van der Waals surface area contributed by atoms with E-state index in [1.54, 1.807) is 17.0 Å². The number of aromatic nitrogens is 1. The van der Waals surface area contributed by atoms with E-state index in [0.717, 1.165) is 20.8 Å². The van der Waals surface area contributed by atoms with E-state index < -0.39 is 57.4 Å². The highest BCUT2D eigenvalue weighted by atomic mass is 32.2. The highest BCUT2D eigenvalue weighted by Gasteiger charge is 2.70. The van der Waals surface area contributed by atoms with Crippen LogP contribution in [0.4, 0.5) is 5.82 Å². The van der Waals surface area contributed by atoms with E-state index in [1.165, 1.54) is 24.0 Å². The van der Waals surface area contributed by atoms with Gasteiger partial charge in [0.05, 0.1) is 11.5 Å². The Morgan fingerprint density at radius 3 is 2.62 bits per heavy atom. The fourth-order valence-corrected chi connectivity index (χ4v) is 11.0. The summed E-state index contributed by atoms with van der Waals surface area (Å²) in [6, 6.07) is 9.87. The fraction of sp³-hybridized carbons (Fsp3) is 0.459. The number of fused-ring (bicyclic) bond motifs is 6. The molecule has 0 unspecified atom stereocenters. The van der Waals surface area contributed by atoms with Gasteiger partial charge < -0.3 is 20.3 Å². The Balaban J connectivity index is 1.05. The summed E-state index contributed by atoms with van der Waals surface area (Å²) in [5, 5.41) is 15.6. The van der Waals surface area contributed by atoms with E-state index in [2.05, 4.69) is 10.3 Å². The molecule has 14 nitrogen and oxygen atoms in total. The zero-order valence-corrected chi connectivity index (χ0v) is 30.1. The van der Waals surface area contributed by atoms with Crippen molar-refractivity contribution in [3.63, 3.8) is 0 Å². The van der Waals surface area contributed by atoms with Gasteiger partial charge in [-0.25, -0.2) is 8.42 Å². The number of nitrogens with one attached hydrogen (secondary N) is 2. The largest absolute Gasteiger partial charge is 0.347 e. The zero-order chi connectivity index (χ0) is 36.6. The molecule has 15 heteroatoms. The van der Waals surface area contributed by atoms with Gasteiger partial charge in [0.2, 0.25) is 17.5 Å². The normalized spacial score (nSPS) is 31.9. The number of carbonyl (C=O) groups excluding carboxylic acids is 4. The van der Waals surface area contributed by atoms with Crippen molar-refractivity contribution < 1.29 is 37.4 Å². The zero-order valence-electron chi connectivity index (χ0n) is 29.3. The molecule has 3 aromatic rings. The van der Waals surface area contributed by atoms with Gasteiger partial charge in [-0.05, 0) is 74.9 Å². The Bertz CT molecular complexity index is 2270. The van der Waals surface area contributed by atoms with Gasteiger partial charge in [0.15, 0.2) is 0 Å². The Labute approximate surface area is 300 Å². The Kier molecular flexibility index (Phi) is 7.03. The molecule has 3 N–H and O–H groups in total. The molecule has 1 aromatic heterocycles. The minimum Gasteiger partial charge on any atom is -0.347 e. The van der Waals surface area contributed by atoms with Crippen molar-refractivity contribution in [1.29, 1.82) is 0 Å². The molecular weight excluding hydrogens is 689 g/mol. The fourth-order valence-electron chi connectivity index (χ4n) is 9.41. The molecule has 52 heavy (non-hydrogen) atoms. The van der Waals surface area contributed by atoms with Crippen LogP contribution in [-0.2, 0) is 35.6 Å². The Hall–Kier alpha value is -4.57. The van der Waals surface area contributed by atoms with Crippen molar-refractivity contribution in [3.05, 3.63) is 65.2 Å². The van der Waals surface area contributed by atoms with Crippen LogP contribution in [0.25, 0.3) is 16.5 Å². The van der Waals surface area contributed by atoms with Crippen LogP contribution in [0.5, 0.6) is 0 Å². The molecule has 6 atom stereocenters. The van der Waals surface area contributed by atoms with E-state index in [0.29, 0.717) is 43.3 Å². The molecule has 9 rings (SSSR count). The van der Waals surface area contributed by atoms with Crippen molar-refractivity contribution >= 4 is 55.9 Å². The summed E-state index contributed by atoms with van der Waals surface area (Å²) in [6.07, 6.45) is 3.73. The van der Waals surface area contributed by atoms with Crippen molar-refractivity contribution in [2.24, 2.45) is 11.8 Å². The predicted molar refractivity (Wildman–Crippen MR) is 188 cm³/mol. The molecule has 272 valence electrons. The number of likely N-dealkylation sites (N-methyl/N-ethyl adjacent to an activating group) is 1. The van der Waals surface area contributed by atoms with Crippen LogP contribution >= 0.6 is 0 Å². The molecule has 0 bridgehead atoms. The second-order valence-corrected chi connectivity index (χ2v) is 17.2. The van der Waals surface area contributed by atoms with Gasteiger partial charge in [-0.15, -0.1) is 0 Å². The molecule has 3 fully saturated rings. The summed E-state index contributed by atoms with van der Waals surface area (Å²) in [6.45, 7) is 6.05. The number of ether oxygens (including phenoxy) is 1. The second-order valence-electron chi connectivity index (χ2n) is 15.4. The van der Waals surface area contributed by atoms with E-state index >= 15 is 0 Å². The maximum Gasteiger partial charge on any atom is 0.280 e. The molecule has 0 saturated carbocycles. The number of hydrogen-bond donors (Lipinski definition) is 3. The van der Waals surface area contributed by atoms with E-state index in [9.17, 15) is 32.7 Å². The predicted octanol–water partition coefficient (Wildman–Crippen LogP) is 2.14. The first kappa shape index (κ1) is 33.3. The van der Waals surface area contributed by atoms with E-state index in [1.807, 2.05) is 50.1 Å². The van der Waals surface area contributed by atoms with Crippen molar-refractivity contribution in [2.45, 2.75) is 81.1 Å². The lowest BCUT2D eigenvalue weighted by Crippen LogP contribution is -2.71. The third-order valence-corrected chi connectivity index (χ3v) is 13.4. The van der Waals surface area contributed by atoms with Gasteiger partial charge in [0, 0.05) is 35.6 Å². The summed E-state index contributed by atoms with van der Waals surface area (Å²) in [7, 11) is -2.27. The maximum absolute atomic E-state index is 14.2. The van der Waals surface area contributed by atoms with Crippen LogP contribution in [0, 0.1) is 11.8 Å². The molecule has 4 amide bonds. The number of nitrogens with zero attached hydrogens (tertiary/aromatic N) is 4. The van der Waals surface area contributed by atoms with Crippen molar-refractivity contribution in [3.8, 4) is 0 Å². The van der Waals surface area contributed by atoms with Gasteiger partial charge in [0.1, 0.15) is 22.8 Å². The lowest BCUT2D eigenvalue weighted by Gasteiger charge is -2.49. The number of anilines is 1. The third-order valence-electron chi connectivity index (χ3n) is 11.7. The topological polar surface area (TPSA) is 173 Å². The minimum absolute atomic E-state index is 0.0321. The summed E-state index contributed by atoms with van der Waals surface area (Å²) in [5.41, 5.74) is 1.22. The number of aromatic amines is 1. The summed E-state index contributed by atoms with van der Waals surface area (Å²) in [4.78, 5) is 63.4. The van der Waals surface area contributed by atoms with Crippen LogP contribution in [0.1, 0.15) is 61.5 Å². The highest BCUT2D eigenvalue weighted by molar-refractivity contribution is 7.94. The Morgan fingerprint density at radius 2 is 1.87 bits per heavy atom. The SMILES string of the molecule is CC(C)C[C@H]1C(=O)N2CCC[C@H]2[C@]2(O)O[C@@](C)(NC(=O)[C@@H]3C=C4c5cccc6[nH]c(N7C(=O)c8ccccc8S7(=O)=O)c(c56)C[C@H]4N(C)C3)C(=O)N12. The summed E-state index contributed by atoms with van der Waals surface area (Å²) >= 11 is 0. The lowest BCUT2D eigenvalue weighted by molar-refractivity contribution is -0.315. The molecule has 0 radical (unpaired) electrons. The number of amides is 4. The molecular formula is C37H40N6O8S. The Morgan fingerprint density at radius 1 is 1.12 bits per heavy atom. The second kappa shape index (κ2) is 11.0. The standard InChI is InChI=1S/C37H40N6O8S/c1-19(2)15-27-34(46)41-14-8-13-29(41)37(48)42(27)35(47)36(3,51-37)39-32(44)20-16-23-21-10-7-11-25-30(21)24(17-26(23)40(4)18-20)31(38-25)43-33(45)22-9-5-6-12-28(22)52(43,49)50/h5-7,9-12,16,19-20,26-27,29,38,48H,8,13-15,17-18H2,1-4H3,(H,39,44)/t20-,26-,27+,29+,36-,37+/m1/s1. The van der Waals surface area contributed by atoms with E-state index in [-0.39, 0.29) is 40.7 Å². The lowest BCUT2D eigenvalue weighted by atomic mass is 9.79. The average molecular weight is 729 g/mol. The van der Waals surface area contributed by atoms with Crippen molar-refractivity contribution in [1.82, 2.24) is 25.0 Å². The molecule has 0 spiro atoms. The van der Waals surface area contributed by atoms with Crippen LogP contribution in [0.3, 0.4) is 0 Å². The number of carbonyl (C=O) groups is 4. The third kappa shape index (κ3) is 4.36. The number of H-pyrrole nitrogens is 1. The van der Waals surface area contributed by atoms with Gasteiger partial charge in [-0.1, -0.05) is 44.2 Å².